The third kappa shape index (κ3) is 4.50. The number of carbonyl (C=O) groups is 2. The van der Waals surface area contributed by atoms with Crippen molar-refractivity contribution >= 4 is 11.8 Å². The van der Waals surface area contributed by atoms with Crippen LogP contribution in [0.3, 0.4) is 0 Å². The number of hydrogen-bond acceptors (Lipinski definition) is 6. The Balaban J connectivity index is 1.71. The van der Waals surface area contributed by atoms with E-state index in [0.717, 1.165) is 26.1 Å². The fourth-order valence-corrected chi connectivity index (χ4v) is 4.11. The van der Waals surface area contributed by atoms with Gasteiger partial charge in [0.15, 0.2) is 5.69 Å². The van der Waals surface area contributed by atoms with Crippen molar-refractivity contribution in [2.24, 2.45) is 0 Å². The molecule has 1 N–H and O–H groups in total. The second-order valence-electron chi connectivity index (χ2n) is 7.30. The van der Waals surface area contributed by atoms with E-state index in [1.807, 2.05) is 18.7 Å². The van der Waals surface area contributed by atoms with Crippen molar-refractivity contribution in [3.8, 4) is 0 Å². The lowest BCUT2D eigenvalue weighted by molar-refractivity contribution is -0.137. The number of aromatic nitrogens is 1. The molecule has 1 aromatic heterocycles. The van der Waals surface area contributed by atoms with Gasteiger partial charge in [-0.2, -0.15) is 0 Å². The molecule has 8 nitrogen and oxygen atoms in total. The van der Waals surface area contributed by atoms with E-state index in [-0.39, 0.29) is 29.6 Å². The summed E-state index contributed by atoms with van der Waals surface area (Å²) in [6, 6.07) is 1.66. The zero-order valence-corrected chi connectivity index (χ0v) is 16.4. The van der Waals surface area contributed by atoms with Crippen molar-refractivity contribution in [2.75, 3.05) is 32.8 Å². The van der Waals surface area contributed by atoms with Crippen LogP contribution in [0, 0.1) is 6.92 Å². The van der Waals surface area contributed by atoms with Gasteiger partial charge in [-0.15, -0.1) is 0 Å². The maximum absolute atomic E-state index is 13.1. The molecule has 150 valence electrons. The van der Waals surface area contributed by atoms with E-state index in [2.05, 4.69) is 15.4 Å². The summed E-state index contributed by atoms with van der Waals surface area (Å²) in [5.41, 5.74) is 0.281. The molecule has 3 rings (SSSR count). The van der Waals surface area contributed by atoms with Gasteiger partial charge in [0.05, 0.1) is 6.04 Å². The summed E-state index contributed by atoms with van der Waals surface area (Å²) in [4.78, 5) is 29.7. The molecule has 2 atom stereocenters. The number of amides is 2. The first-order valence-electron chi connectivity index (χ1n) is 9.89. The summed E-state index contributed by atoms with van der Waals surface area (Å²) in [7, 11) is 0. The summed E-state index contributed by atoms with van der Waals surface area (Å²) in [6.45, 7) is 9.27. The summed E-state index contributed by atoms with van der Waals surface area (Å²) in [5, 5.41) is 6.82. The third-order valence-corrected chi connectivity index (χ3v) is 5.56. The number of likely N-dealkylation sites (tertiary alicyclic amines) is 1. The minimum atomic E-state index is -0.250. The average Bonchev–Trinajstić information content (AvgIpc) is 3.30. The van der Waals surface area contributed by atoms with Gasteiger partial charge >= 0.3 is 0 Å². The Bertz CT molecular complexity index is 652. The minimum absolute atomic E-state index is 0.0816. The summed E-state index contributed by atoms with van der Waals surface area (Å²) < 4.78 is 10.5. The Kier molecular flexibility index (Phi) is 6.49. The fraction of sp³-hybridized carbons (Fsp3) is 0.737. The number of likely N-dealkylation sites (N-methyl/N-ethyl adjacent to an activating group) is 1. The molecule has 2 amide bonds. The van der Waals surface area contributed by atoms with E-state index < -0.39 is 0 Å². The first kappa shape index (κ1) is 19.8. The van der Waals surface area contributed by atoms with Crippen LogP contribution >= 0.6 is 0 Å². The van der Waals surface area contributed by atoms with Crippen LogP contribution < -0.4 is 5.32 Å². The van der Waals surface area contributed by atoms with Crippen LogP contribution in [0.15, 0.2) is 10.6 Å². The summed E-state index contributed by atoms with van der Waals surface area (Å²) in [5.74, 6) is 0.505. The van der Waals surface area contributed by atoms with Crippen LogP contribution in [-0.4, -0.2) is 77.7 Å². The molecule has 2 aliphatic heterocycles. The average molecular weight is 378 g/mol. The first-order valence-corrected chi connectivity index (χ1v) is 9.89. The lowest BCUT2D eigenvalue weighted by atomic mass is 10.1. The highest BCUT2D eigenvalue weighted by Gasteiger charge is 2.42. The summed E-state index contributed by atoms with van der Waals surface area (Å²) >= 11 is 0. The molecule has 0 spiro atoms. The Hall–Kier alpha value is -1.93. The molecule has 8 heteroatoms. The molecule has 0 aromatic carbocycles. The molecule has 0 bridgehead atoms. The Morgan fingerprint density at radius 1 is 1.30 bits per heavy atom. The van der Waals surface area contributed by atoms with Crippen molar-refractivity contribution in [3.63, 3.8) is 0 Å². The van der Waals surface area contributed by atoms with Gasteiger partial charge in [-0.1, -0.05) is 5.16 Å². The van der Waals surface area contributed by atoms with E-state index in [4.69, 9.17) is 9.26 Å². The molecule has 1 aromatic rings. The fourth-order valence-electron chi connectivity index (χ4n) is 4.11. The molecule has 27 heavy (non-hydrogen) atoms. The van der Waals surface area contributed by atoms with E-state index in [1.54, 1.807) is 13.0 Å². The van der Waals surface area contributed by atoms with Gasteiger partial charge in [-0.3, -0.25) is 14.5 Å². The van der Waals surface area contributed by atoms with Crippen LogP contribution in [0.1, 0.15) is 49.4 Å². The van der Waals surface area contributed by atoms with Gasteiger partial charge in [-0.25, -0.2) is 0 Å². The zero-order chi connectivity index (χ0) is 19.4. The molecule has 0 saturated carbocycles. The molecule has 2 aliphatic rings. The van der Waals surface area contributed by atoms with Crippen LogP contribution in [0.5, 0.6) is 0 Å². The largest absolute Gasteiger partial charge is 0.381 e. The molecule has 2 fully saturated rings. The van der Waals surface area contributed by atoms with Gasteiger partial charge in [0.2, 0.25) is 5.91 Å². The van der Waals surface area contributed by atoms with Crippen LogP contribution in [-0.2, 0) is 9.53 Å². The quantitative estimate of drug-likeness (QED) is 0.800. The Morgan fingerprint density at radius 3 is 2.59 bits per heavy atom. The second kappa shape index (κ2) is 8.84. The van der Waals surface area contributed by atoms with Crippen LogP contribution in [0.25, 0.3) is 0 Å². The van der Waals surface area contributed by atoms with Crippen molar-refractivity contribution < 1.29 is 18.8 Å². The van der Waals surface area contributed by atoms with Gasteiger partial charge in [0.25, 0.3) is 5.91 Å². The molecular weight excluding hydrogens is 348 g/mol. The second-order valence-corrected chi connectivity index (χ2v) is 7.30. The van der Waals surface area contributed by atoms with E-state index in [9.17, 15) is 9.59 Å². The number of nitrogens with zero attached hydrogens (tertiary/aromatic N) is 3. The number of nitrogens with one attached hydrogen (secondary N) is 1. The molecule has 0 unspecified atom stereocenters. The predicted molar refractivity (Wildman–Crippen MR) is 99.4 cm³/mol. The van der Waals surface area contributed by atoms with E-state index >= 15 is 0 Å². The van der Waals surface area contributed by atoms with E-state index in [0.29, 0.717) is 37.9 Å². The van der Waals surface area contributed by atoms with Crippen LogP contribution in [0.2, 0.25) is 0 Å². The Labute approximate surface area is 160 Å². The number of ether oxygens (including phenoxy) is 1. The van der Waals surface area contributed by atoms with Crippen molar-refractivity contribution in [3.05, 3.63) is 17.5 Å². The van der Waals surface area contributed by atoms with Crippen molar-refractivity contribution in [1.82, 2.24) is 20.3 Å². The van der Waals surface area contributed by atoms with Crippen molar-refractivity contribution in [2.45, 2.75) is 58.2 Å². The number of hydrogen-bond donors (Lipinski definition) is 1. The zero-order valence-electron chi connectivity index (χ0n) is 16.4. The predicted octanol–water partition coefficient (Wildman–Crippen LogP) is 1.20. The molecule has 3 heterocycles. The first-order chi connectivity index (χ1) is 13.0. The third-order valence-electron chi connectivity index (χ3n) is 5.56. The SMILES string of the molecule is CCN(CC)C(=O)[C@@H]1C[C@@H](NC(=O)c2cc(C)on2)CN1C1CCOCC1. The number of carbonyl (C=O) groups excluding carboxylic acids is 2. The molecule has 0 aliphatic carbocycles. The number of rotatable bonds is 6. The lowest BCUT2D eigenvalue weighted by Crippen LogP contribution is -2.50. The smallest absolute Gasteiger partial charge is 0.273 e. The van der Waals surface area contributed by atoms with Gasteiger partial charge in [0.1, 0.15) is 5.76 Å². The topological polar surface area (TPSA) is 87.9 Å². The maximum atomic E-state index is 13.1. The lowest BCUT2D eigenvalue weighted by Gasteiger charge is -2.36. The molecule has 2 saturated heterocycles. The normalized spacial score (nSPS) is 24.1. The van der Waals surface area contributed by atoms with E-state index in [1.165, 1.54) is 0 Å². The minimum Gasteiger partial charge on any atom is -0.381 e. The van der Waals surface area contributed by atoms with Crippen LogP contribution in [0.4, 0.5) is 0 Å². The standard InChI is InChI=1S/C19H30N4O4/c1-4-22(5-2)19(25)17-11-14(12-23(17)15-6-8-26-9-7-15)20-18(24)16-10-13(3)27-21-16/h10,14-15,17H,4-9,11-12H2,1-3H3,(H,20,24)/t14-,17+/m1/s1. The Morgan fingerprint density at radius 2 is 2.00 bits per heavy atom. The highest BCUT2D eigenvalue weighted by molar-refractivity contribution is 5.92. The van der Waals surface area contributed by atoms with Gasteiger partial charge < -0.3 is 19.5 Å². The monoisotopic (exact) mass is 378 g/mol. The highest BCUT2D eigenvalue weighted by Crippen LogP contribution is 2.27. The molecular formula is C19H30N4O4. The molecule has 0 radical (unpaired) electrons. The van der Waals surface area contributed by atoms with Gasteiger partial charge in [-0.05, 0) is 40.0 Å². The maximum Gasteiger partial charge on any atom is 0.273 e. The number of aryl methyl sites for hydroxylation is 1. The van der Waals surface area contributed by atoms with Crippen molar-refractivity contribution in [1.29, 1.82) is 0 Å². The highest BCUT2D eigenvalue weighted by atomic mass is 16.5. The summed E-state index contributed by atoms with van der Waals surface area (Å²) in [6.07, 6.45) is 2.46. The van der Waals surface area contributed by atoms with Gasteiger partial charge in [0, 0.05) is 51.0 Å².